The molecule has 4 aromatic rings. The number of alkyl carbamates (subject to hydrolysis) is 1. The number of alkyl halides is 3. The highest BCUT2D eigenvalue weighted by atomic mass is 19.4. The van der Waals surface area contributed by atoms with E-state index in [1.807, 2.05) is 6.08 Å². The number of nitrogens with zero attached hydrogens (tertiary/aromatic N) is 3. The van der Waals surface area contributed by atoms with E-state index in [1.165, 1.54) is 24.1 Å². The number of likely N-dealkylation sites (tertiary alicyclic amines) is 1. The lowest BCUT2D eigenvalue weighted by molar-refractivity contribution is -0.151. The summed E-state index contributed by atoms with van der Waals surface area (Å²) in [5.74, 6) is -1.10. The first kappa shape index (κ1) is 37.1. The Hall–Kier alpha value is -5.14. The molecule has 2 aromatic carbocycles. The molecule has 3 heterocycles. The van der Waals surface area contributed by atoms with Crippen LogP contribution in [0.5, 0.6) is 5.88 Å². The van der Waals surface area contributed by atoms with Crippen molar-refractivity contribution in [2.75, 3.05) is 13.7 Å². The van der Waals surface area contributed by atoms with Crippen LogP contribution in [-0.2, 0) is 25.2 Å². The maximum absolute atomic E-state index is 14.1. The number of hydrogen-bond donors (Lipinski definition) is 1. The third-order valence-electron chi connectivity index (χ3n) is 8.35. The molecule has 0 saturated carbocycles. The van der Waals surface area contributed by atoms with E-state index in [9.17, 15) is 27.6 Å². The van der Waals surface area contributed by atoms with Crippen molar-refractivity contribution in [3.05, 3.63) is 66.7 Å². The van der Waals surface area contributed by atoms with Crippen LogP contribution in [0.25, 0.3) is 33.5 Å². The number of para-hydroxylation sites is 1. The van der Waals surface area contributed by atoms with Gasteiger partial charge in [0.1, 0.15) is 34.9 Å². The van der Waals surface area contributed by atoms with Crippen molar-refractivity contribution in [3.63, 3.8) is 0 Å². The van der Waals surface area contributed by atoms with Crippen molar-refractivity contribution >= 4 is 40.0 Å². The molecular formula is C37H41F3N4O7. The Morgan fingerprint density at radius 2 is 1.78 bits per heavy atom. The number of hydrogen-bond acceptors (Lipinski definition) is 9. The molecule has 14 heteroatoms. The summed E-state index contributed by atoms with van der Waals surface area (Å²) < 4.78 is 62.8. The number of aromatic nitrogens is 2. The highest BCUT2D eigenvalue weighted by Crippen LogP contribution is 2.37. The fourth-order valence-electron chi connectivity index (χ4n) is 5.95. The van der Waals surface area contributed by atoms with Gasteiger partial charge in [-0.1, -0.05) is 43.2 Å². The summed E-state index contributed by atoms with van der Waals surface area (Å²) >= 11 is 0. The normalized spacial score (nSPS) is 17.0. The molecule has 51 heavy (non-hydrogen) atoms. The van der Waals surface area contributed by atoms with Crippen molar-refractivity contribution in [1.82, 2.24) is 20.2 Å². The molecule has 272 valence electrons. The van der Waals surface area contributed by atoms with Crippen LogP contribution in [0, 0.1) is 0 Å². The van der Waals surface area contributed by atoms with Gasteiger partial charge in [-0.2, -0.15) is 18.2 Å². The van der Waals surface area contributed by atoms with Crippen molar-refractivity contribution in [1.29, 1.82) is 0 Å². The standard InChI is InChI=1S/C37H41F3N4O7/c1-6-7-8-9-10-14-26(41-35(47)51-36(2,3)4)33(45)44-21-24(20-27(44)34(46)48-5)49-32-30-29(25-13-11-12-15-28(25)50-30)42-31(43-32)22-16-18-23(19-17-22)37(38,39)40/h6,11-13,15-19,24,26-27H,1,7-10,14,20-21H2,2-5H3,(H,41,47)/t24?,26-,27-/m0/s1. The highest BCUT2D eigenvalue weighted by molar-refractivity contribution is 6.04. The highest BCUT2D eigenvalue weighted by Gasteiger charge is 2.44. The molecule has 1 saturated heterocycles. The van der Waals surface area contributed by atoms with Gasteiger partial charge >= 0.3 is 18.2 Å². The van der Waals surface area contributed by atoms with Gasteiger partial charge in [-0.15, -0.1) is 6.58 Å². The first-order valence-electron chi connectivity index (χ1n) is 16.7. The largest absolute Gasteiger partial charge is 0.470 e. The molecule has 2 amide bonds. The molecule has 5 rings (SSSR count). The Morgan fingerprint density at radius 1 is 1.06 bits per heavy atom. The maximum atomic E-state index is 14.1. The molecule has 11 nitrogen and oxygen atoms in total. The maximum Gasteiger partial charge on any atom is 0.416 e. The minimum absolute atomic E-state index is 0.0142. The summed E-state index contributed by atoms with van der Waals surface area (Å²) in [7, 11) is 1.22. The number of nitrogens with one attached hydrogen (secondary N) is 1. The lowest BCUT2D eigenvalue weighted by Gasteiger charge is -2.29. The number of esters is 1. The number of amides is 2. The quantitative estimate of drug-likeness (QED) is 0.0896. The van der Waals surface area contributed by atoms with Crippen molar-refractivity contribution in [2.24, 2.45) is 0 Å². The summed E-state index contributed by atoms with van der Waals surface area (Å²) in [4.78, 5) is 50.5. The average Bonchev–Trinajstić information content (AvgIpc) is 3.68. The van der Waals surface area contributed by atoms with Gasteiger partial charge in [0.25, 0.3) is 5.88 Å². The number of fused-ring (bicyclic) bond motifs is 3. The second-order valence-corrected chi connectivity index (χ2v) is 13.3. The van der Waals surface area contributed by atoms with Crippen LogP contribution < -0.4 is 10.1 Å². The van der Waals surface area contributed by atoms with Gasteiger partial charge in [-0.05, 0) is 64.3 Å². The topological polar surface area (TPSA) is 133 Å². The predicted molar refractivity (Wildman–Crippen MR) is 183 cm³/mol. The van der Waals surface area contributed by atoms with Crippen LogP contribution in [-0.4, -0.2) is 70.3 Å². The van der Waals surface area contributed by atoms with E-state index in [2.05, 4.69) is 21.9 Å². The second kappa shape index (κ2) is 15.4. The molecule has 1 N–H and O–H groups in total. The van der Waals surface area contributed by atoms with Crippen LogP contribution in [0.3, 0.4) is 0 Å². The van der Waals surface area contributed by atoms with Crippen LogP contribution >= 0.6 is 0 Å². The summed E-state index contributed by atoms with van der Waals surface area (Å²) in [5, 5.41) is 3.32. The van der Waals surface area contributed by atoms with Gasteiger partial charge in [-0.3, -0.25) is 4.79 Å². The number of halogens is 3. The van der Waals surface area contributed by atoms with Gasteiger partial charge in [0.05, 0.1) is 19.2 Å². The van der Waals surface area contributed by atoms with Gasteiger partial charge in [0, 0.05) is 17.4 Å². The molecule has 1 unspecified atom stereocenters. The Kier molecular flexibility index (Phi) is 11.2. The molecule has 1 aliphatic heterocycles. The number of allylic oxidation sites excluding steroid dienone is 1. The summed E-state index contributed by atoms with van der Waals surface area (Å²) in [6, 6.07) is 9.48. The summed E-state index contributed by atoms with van der Waals surface area (Å²) in [6.45, 7) is 8.80. The first-order chi connectivity index (χ1) is 24.2. The smallest absolute Gasteiger partial charge is 0.416 e. The number of unbranched alkanes of at least 4 members (excludes halogenated alkanes) is 3. The van der Waals surface area contributed by atoms with Crippen molar-refractivity contribution in [3.8, 4) is 17.3 Å². The zero-order valence-electron chi connectivity index (χ0n) is 28.9. The van der Waals surface area contributed by atoms with Crippen LogP contribution in [0.2, 0.25) is 0 Å². The molecule has 1 aliphatic rings. The third-order valence-corrected chi connectivity index (χ3v) is 8.35. The van der Waals surface area contributed by atoms with Crippen molar-refractivity contribution in [2.45, 2.75) is 89.3 Å². The summed E-state index contributed by atoms with van der Waals surface area (Å²) in [5.41, 5.74) is -0.273. The van der Waals surface area contributed by atoms with E-state index in [0.29, 0.717) is 34.9 Å². The predicted octanol–water partition coefficient (Wildman–Crippen LogP) is 7.61. The minimum atomic E-state index is -4.52. The Labute approximate surface area is 293 Å². The van der Waals surface area contributed by atoms with Crippen LogP contribution in [0.1, 0.15) is 64.9 Å². The molecular weight excluding hydrogens is 669 g/mol. The van der Waals surface area contributed by atoms with Crippen LogP contribution in [0.15, 0.2) is 65.6 Å². The SMILES string of the molecule is C=CCCCCC[C@H](NC(=O)OC(C)(C)C)C(=O)N1CC(Oc2nc(-c3ccc(C(F)(F)F)cc3)nc3c2oc2ccccc23)C[C@H]1C(=O)OC. The zero-order valence-corrected chi connectivity index (χ0v) is 28.9. The fraction of sp³-hybridized carbons (Fsp3) is 0.432. The second-order valence-electron chi connectivity index (χ2n) is 13.3. The third kappa shape index (κ3) is 8.97. The van der Waals surface area contributed by atoms with E-state index in [1.54, 1.807) is 45.0 Å². The molecule has 0 spiro atoms. The summed E-state index contributed by atoms with van der Waals surface area (Å²) in [6.07, 6.45) is -0.845. The number of furan rings is 1. The lowest BCUT2D eigenvalue weighted by atomic mass is 10.1. The zero-order chi connectivity index (χ0) is 36.9. The number of carbonyl (C=O) groups is 3. The monoisotopic (exact) mass is 710 g/mol. The Bertz CT molecular complexity index is 1890. The molecule has 0 bridgehead atoms. The fourth-order valence-corrected chi connectivity index (χ4v) is 5.95. The van der Waals surface area contributed by atoms with Crippen LogP contribution in [0.4, 0.5) is 18.0 Å². The van der Waals surface area contributed by atoms with E-state index in [0.717, 1.165) is 31.4 Å². The van der Waals surface area contributed by atoms with Gasteiger partial charge in [0.15, 0.2) is 5.82 Å². The molecule has 1 fully saturated rings. The molecule has 0 radical (unpaired) electrons. The van der Waals surface area contributed by atoms with E-state index >= 15 is 0 Å². The van der Waals surface area contributed by atoms with Crippen molar-refractivity contribution < 1.29 is 46.2 Å². The average molecular weight is 711 g/mol. The minimum Gasteiger partial charge on any atom is -0.470 e. The van der Waals surface area contributed by atoms with E-state index in [-0.39, 0.29) is 30.3 Å². The lowest BCUT2D eigenvalue weighted by Crippen LogP contribution is -2.52. The van der Waals surface area contributed by atoms with E-state index < -0.39 is 53.5 Å². The Balaban J connectivity index is 1.46. The number of ether oxygens (including phenoxy) is 3. The molecule has 0 aliphatic carbocycles. The number of rotatable bonds is 12. The molecule has 3 atom stereocenters. The number of benzene rings is 2. The van der Waals surface area contributed by atoms with Gasteiger partial charge in [-0.25, -0.2) is 14.6 Å². The molecule has 2 aromatic heterocycles. The van der Waals surface area contributed by atoms with Gasteiger partial charge < -0.3 is 28.8 Å². The Morgan fingerprint density at radius 3 is 2.45 bits per heavy atom. The van der Waals surface area contributed by atoms with Gasteiger partial charge in [0.2, 0.25) is 11.5 Å². The number of carbonyl (C=O) groups excluding carboxylic acids is 3. The van der Waals surface area contributed by atoms with E-state index in [4.69, 9.17) is 18.6 Å². The number of methoxy groups -OCH3 is 1. The first-order valence-corrected chi connectivity index (χ1v) is 16.7.